The summed E-state index contributed by atoms with van der Waals surface area (Å²) < 4.78 is 52.9. The van der Waals surface area contributed by atoms with Crippen molar-refractivity contribution in [3.8, 4) is 0 Å². The van der Waals surface area contributed by atoms with Gasteiger partial charge in [0, 0.05) is 47.5 Å². The molecule has 1 fully saturated rings. The zero-order valence-corrected chi connectivity index (χ0v) is 20.9. The van der Waals surface area contributed by atoms with Crippen LogP contribution in [0, 0.1) is 6.07 Å². The van der Waals surface area contributed by atoms with Crippen molar-refractivity contribution in [1.29, 1.82) is 0 Å². The number of benzene rings is 1. The van der Waals surface area contributed by atoms with E-state index in [1.165, 1.54) is 11.3 Å². The van der Waals surface area contributed by atoms with E-state index in [1.54, 1.807) is 11.0 Å². The highest BCUT2D eigenvalue weighted by molar-refractivity contribution is 7.10. The van der Waals surface area contributed by atoms with Gasteiger partial charge in [0.05, 0.1) is 10.7 Å². The second-order valence-electron chi connectivity index (χ2n) is 8.77. The van der Waals surface area contributed by atoms with E-state index in [0.29, 0.717) is 48.1 Å². The van der Waals surface area contributed by atoms with E-state index >= 15 is 0 Å². The van der Waals surface area contributed by atoms with Gasteiger partial charge in [0.15, 0.2) is 6.10 Å². The van der Waals surface area contributed by atoms with Crippen LogP contribution in [0.3, 0.4) is 0 Å². The molecule has 4 heterocycles. The van der Waals surface area contributed by atoms with Crippen LogP contribution in [0.5, 0.6) is 0 Å². The molecule has 1 unspecified atom stereocenters. The van der Waals surface area contributed by atoms with Crippen LogP contribution in [0.25, 0.3) is 0 Å². The molecule has 5 rings (SSSR count). The number of halogens is 5. The Morgan fingerprint density at radius 1 is 1.22 bits per heavy atom. The number of likely N-dealkylation sites (tertiary alicyclic amines) is 1. The third-order valence-electron chi connectivity index (χ3n) is 6.37. The maximum atomic E-state index is 13.2. The van der Waals surface area contributed by atoms with E-state index in [0.717, 1.165) is 22.0 Å². The number of carbonyl (C=O) groups is 1. The van der Waals surface area contributed by atoms with Crippen LogP contribution in [0.1, 0.15) is 71.8 Å². The highest BCUT2D eigenvalue weighted by atomic mass is 35.5. The lowest BCUT2D eigenvalue weighted by molar-refractivity contribution is -0.133. The van der Waals surface area contributed by atoms with Gasteiger partial charge >= 0.3 is 0 Å². The lowest BCUT2D eigenvalue weighted by Crippen LogP contribution is -2.40. The standard InChI is InChI=1S/C24H21ClF4N5O2S/c25-15-3-1-2-14(8-15)20-10-16(32-36-20)18-12-37-24(30-18)13-4-6-33(7-5-13)21(35)11-34-19(23(28)29)9-17(31-34)22(26)27/h1-3,9,12-13,20,22-23H,4-7,10-11H2. The van der Waals surface area contributed by atoms with Crippen molar-refractivity contribution in [3.05, 3.63) is 68.4 Å². The Balaban J connectivity index is 1.16. The molecular weight excluding hydrogens is 534 g/mol. The first-order valence-corrected chi connectivity index (χ1v) is 12.8. The summed E-state index contributed by atoms with van der Waals surface area (Å²) in [6.45, 7) is 0.299. The van der Waals surface area contributed by atoms with Gasteiger partial charge in [-0.1, -0.05) is 28.9 Å². The highest BCUT2D eigenvalue weighted by Gasteiger charge is 2.30. The number of amides is 1. The van der Waals surface area contributed by atoms with Crippen LogP contribution in [0.4, 0.5) is 17.6 Å². The first-order chi connectivity index (χ1) is 17.8. The molecule has 1 aromatic carbocycles. The lowest BCUT2D eigenvalue weighted by atomic mass is 9.97. The summed E-state index contributed by atoms with van der Waals surface area (Å²) in [7, 11) is 0. The van der Waals surface area contributed by atoms with Crippen molar-refractivity contribution in [1.82, 2.24) is 19.7 Å². The average molecular weight is 555 g/mol. The molecule has 13 heteroatoms. The quantitative estimate of drug-likeness (QED) is 0.339. The third kappa shape index (κ3) is 5.64. The number of nitrogens with zero attached hydrogens (tertiary/aromatic N) is 5. The summed E-state index contributed by atoms with van der Waals surface area (Å²) in [5.74, 6) is -0.306. The fourth-order valence-electron chi connectivity index (χ4n) is 4.41. The molecule has 7 nitrogen and oxygen atoms in total. The van der Waals surface area contributed by atoms with E-state index in [4.69, 9.17) is 21.4 Å². The van der Waals surface area contributed by atoms with Crippen molar-refractivity contribution in [2.24, 2.45) is 5.16 Å². The molecule has 1 atom stereocenters. The topological polar surface area (TPSA) is 72.6 Å². The number of carbonyl (C=O) groups excluding carboxylic acids is 1. The maximum absolute atomic E-state index is 13.2. The molecule has 195 valence electrons. The Morgan fingerprint density at radius 3 is 2.70 bits per heavy atom. The van der Waals surface area contributed by atoms with E-state index in [9.17, 15) is 22.4 Å². The molecule has 0 N–H and O–H groups in total. The number of thiazole rings is 1. The fourth-order valence-corrected chi connectivity index (χ4v) is 5.60. The summed E-state index contributed by atoms with van der Waals surface area (Å²) in [5.41, 5.74) is 0.848. The van der Waals surface area contributed by atoms with Gasteiger partial charge in [-0.3, -0.25) is 9.48 Å². The first kappa shape index (κ1) is 25.7. The van der Waals surface area contributed by atoms with Crippen molar-refractivity contribution < 1.29 is 27.2 Å². The molecular formula is C24H21ClF4N5O2S. The second-order valence-corrected chi connectivity index (χ2v) is 10.1. The minimum Gasteiger partial charge on any atom is -0.387 e. The van der Waals surface area contributed by atoms with Gasteiger partial charge in [0.1, 0.15) is 23.6 Å². The van der Waals surface area contributed by atoms with E-state index in [1.807, 2.05) is 17.5 Å². The van der Waals surface area contributed by atoms with Crippen molar-refractivity contribution in [3.63, 3.8) is 0 Å². The molecule has 37 heavy (non-hydrogen) atoms. The molecule has 0 saturated carbocycles. The summed E-state index contributed by atoms with van der Waals surface area (Å²) in [5, 5.41) is 11.1. The molecule has 2 aliphatic rings. The van der Waals surface area contributed by atoms with Gasteiger partial charge in [0.25, 0.3) is 12.9 Å². The fraction of sp³-hybridized carbons (Fsp3) is 0.417. The molecule has 1 radical (unpaired) electrons. The lowest BCUT2D eigenvalue weighted by Gasteiger charge is -2.31. The average Bonchev–Trinajstić information content (AvgIpc) is 3.63. The third-order valence-corrected chi connectivity index (χ3v) is 7.60. The SMILES string of the molecule is O=C(Cn1nc(C(F)F)cc1C(F)F)N1CCC(c2nc(C3=NOC(c4[c]c(Cl)ccc4)C3)cs2)CC1. The number of hydrogen-bond acceptors (Lipinski definition) is 6. The largest absolute Gasteiger partial charge is 0.387 e. The predicted octanol–water partition coefficient (Wildman–Crippen LogP) is 5.94. The summed E-state index contributed by atoms with van der Waals surface area (Å²) in [6, 6.07) is 9.17. The van der Waals surface area contributed by atoms with Gasteiger partial charge < -0.3 is 9.74 Å². The summed E-state index contributed by atoms with van der Waals surface area (Å²) in [6.07, 6.45) is -4.43. The predicted molar refractivity (Wildman–Crippen MR) is 128 cm³/mol. The summed E-state index contributed by atoms with van der Waals surface area (Å²) >= 11 is 7.54. The minimum atomic E-state index is -3.01. The van der Waals surface area contributed by atoms with E-state index in [-0.39, 0.29) is 12.0 Å². The molecule has 1 amide bonds. The molecule has 1 saturated heterocycles. The number of aromatic nitrogens is 3. The van der Waals surface area contributed by atoms with Gasteiger partial charge in [-0.2, -0.15) is 5.10 Å². The first-order valence-electron chi connectivity index (χ1n) is 11.6. The number of hydrogen-bond donors (Lipinski definition) is 0. The van der Waals surface area contributed by atoms with Crippen molar-refractivity contribution in [2.45, 2.75) is 50.7 Å². The van der Waals surface area contributed by atoms with Crippen LogP contribution in [0.15, 0.2) is 34.8 Å². The van der Waals surface area contributed by atoms with Crippen LogP contribution in [0.2, 0.25) is 5.02 Å². The Kier molecular flexibility index (Phi) is 7.47. The normalized spacial score (nSPS) is 18.5. The molecule has 3 aromatic rings. The zero-order valence-electron chi connectivity index (χ0n) is 19.3. The highest BCUT2D eigenvalue weighted by Crippen LogP contribution is 2.34. The minimum absolute atomic E-state index is 0.134. The van der Waals surface area contributed by atoms with Crippen molar-refractivity contribution >= 4 is 34.6 Å². The van der Waals surface area contributed by atoms with Gasteiger partial charge in [-0.25, -0.2) is 22.5 Å². The second kappa shape index (κ2) is 10.8. The molecule has 0 aliphatic carbocycles. The van der Waals surface area contributed by atoms with E-state index in [2.05, 4.69) is 16.3 Å². The van der Waals surface area contributed by atoms with Crippen molar-refractivity contribution in [2.75, 3.05) is 13.1 Å². The van der Waals surface area contributed by atoms with Crippen LogP contribution >= 0.6 is 22.9 Å². The Hall–Kier alpha value is -2.99. The monoisotopic (exact) mass is 554 g/mol. The smallest absolute Gasteiger partial charge is 0.282 e. The molecule has 2 aromatic heterocycles. The van der Waals surface area contributed by atoms with E-state index < -0.39 is 36.7 Å². The number of alkyl halides is 4. The van der Waals surface area contributed by atoms with Gasteiger partial charge in [-0.05, 0) is 25.0 Å². The van der Waals surface area contributed by atoms with Gasteiger partial charge in [-0.15, -0.1) is 11.3 Å². The zero-order chi connectivity index (χ0) is 26.1. The Labute approximate surface area is 218 Å². The number of oxime groups is 1. The molecule has 0 bridgehead atoms. The van der Waals surface area contributed by atoms with Gasteiger partial charge in [0.2, 0.25) is 5.91 Å². The van der Waals surface area contributed by atoms with Crippen LogP contribution < -0.4 is 0 Å². The molecule has 2 aliphatic heterocycles. The molecule has 0 spiro atoms. The summed E-state index contributed by atoms with van der Waals surface area (Å²) in [4.78, 5) is 24.6. The Morgan fingerprint density at radius 2 is 2.00 bits per heavy atom. The number of rotatable bonds is 7. The number of piperidine rings is 1. The van der Waals surface area contributed by atoms with Crippen LogP contribution in [-0.4, -0.2) is 44.4 Å². The maximum Gasteiger partial charge on any atom is 0.282 e. The van der Waals surface area contributed by atoms with Crippen LogP contribution in [-0.2, 0) is 16.2 Å². The Bertz CT molecular complexity index is 1310.